The van der Waals surface area contributed by atoms with Gasteiger partial charge in [-0.3, -0.25) is 4.90 Å². The average molecular weight is 341 g/mol. The predicted octanol–water partition coefficient (Wildman–Crippen LogP) is 2.75. The van der Waals surface area contributed by atoms with Crippen LogP contribution in [0.2, 0.25) is 0 Å². The van der Waals surface area contributed by atoms with Crippen LogP contribution in [0.15, 0.2) is 52.9 Å². The highest BCUT2D eigenvalue weighted by atomic mass is 16.6. The summed E-state index contributed by atoms with van der Waals surface area (Å²) in [7, 11) is 0. The zero-order valence-electron chi connectivity index (χ0n) is 13.9. The first kappa shape index (κ1) is 15.9. The second-order valence-electron chi connectivity index (χ2n) is 5.89. The summed E-state index contributed by atoms with van der Waals surface area (Å²) in [5, 5.41) is 0. The molecular weight excluding hydrogens is 320 g/mol. The number of para-hydroxylation sites is 2. The van der Waals surface area contributed by atoms with Crippen LogP contribution in [0.25, 0.3) is 11.1 Å². The van der Waals surface area contributed by atoms with Crippen molar-refractivity contribution in [2.75, 3.05) is 39.5 Å². The van der Waals surface area contributed by atoms with Gasteiger partial charge in [0, 0.05) is 25.7 Å². The van der Waals surface area contributed by atoms with Crippen LogP contribution in [-0.2, 0) is 4.74 Å². The quantitative estimate of drug-likeness (QED) is 0.690. The van der Waals surface area contributed by atoms with E-state index in [9.17, 15) is 0 Å². The minimum atomic E-state index is 0.363. The predicted molar refractivity (Wildman–Crippen MR) is 92.0 cm³/mol. The first-order valence-electron chi connectivity index (χ1n) is 8.48. The first-order valence-corrected chi connectivity index (χ1v) is 8.48. The third-order valence-corrected chi connectivity index (χ3v) is 4.14. The number of nitrogens with zero attached hydrogens (tertiary/aromatic N) is 1. The van der Waals surface area contributed by atoms with Gasteiger partial charge in [-0.05, 0) is 30.3 Å². The monoisotopic (exact) mass is 341 g/mol. The molecule has 0 bridgehead atoms. The van der Waals surface area contributed by atoms with Gasteiger partial charge in [-0.15, -0.1) is 4.98 Å². The topological polar surface area (TPSA) is 58.2 Å². The van der Waals surface area contributed by atoms with E-state index in [0.29, 0.717) is 18.4 Å². The maximum Gasteiger partial charge on any atom is 0.565 e. The average Bonchev–Trinajstić information content (AvgIpc) is 3.06. The molecule has 1 aromatic heterocycles. The van der Waals surface area contributed by atoms with Gasteiger partial charge in [0.15, 0.2) is 0 Å². The Balaban J connectivity index is 1.30. The Labute approximate surface area is 145 Å². The van der Waals surface area contributed by atoms with Crippen molar-refractivity contribution in [2.45, 2.75) is 0 Å². The van der Waals surface area contributed by atoms with Crippen LogP contribution in [0.5, 0.6) is 17.6 Å². The van der Waals surface area contributed by atoms with E-state index in [1.54, 1.807) is 0 Å². The van der Waals surface area contributed by atoms with Crippen LogP contribution in [0.3, 0.4) is 0 Å². The molecule has 2 heterocycles. The Bertz CT molecular complexity index is 777. The van der Waals surface area contributed by atoms with E-state index in [4.69, 9.17) is 18.6 Å². The number of hydrogen-bond donors (Lipinski definition) is 0. The molecule has 0 radical (unpaired) electrons. The number of aromatic amines is 1. The Morgan fingerprint density at radius 2 is 1.72 bits per heavy atom. The first-order chi connectivity index (χ1) is 12.4. The van der Waals surface area contributed by atoms with E-state index in [0.717, 1.165) is 49.7 Å². The Kier molecular flexibility index (Phi) is 4.81. The Hall–Kier alpha value is -2.57. The molecular formula is C19H21N2O4+. The molecule has 1 saturated heterocycles. The summed E-state index contributed by atoms with van der Waals surface area (Å²) in [5.41, 5.74) is 1.67. The van der Waals surface area contributed by atoms with Crippen LogP contribution in [0, 0.1) is 0 Å². The fourth-order valence-corrected chi connectivity index (χ4v) is 2.77. The number of nitrogens with one attached hydrogen (secondary N) is 1. The molecule has 1 N–H and O–H groups in total. The molecule has 0 aliphatic carbocycles. The summed E-state index contributed by atoms with van der Waals surface area (Å²) in [4.78, 5) is 5.44. The van der Waals surface area contributed by atoms with Gasteiger partial charge in [0.1, 0.15) is 18.1 Å². The van der Waals surface area contributed by atoms with Gasteiger partial charge in [0.25, 0.3) is 5.52 Å². The van der Waals surface area contributed by atoms with E-state index in [1.807, 2.05) is 48.5 Å². The van der Waals surface area contributed by atoms with Crippen molar-refractivity contribution < 1.29 is 23.6 Å². The summed E-state index contributed by atoms with van der Waals surface area (Å²) in [6, 6.07) is 15.2. The van der Waals surface area contributed by atoms with E-state index in [1.165, 1.54) is 0 Å². The molecule has 0 atom stereocenters. The third-order valence-electron chi connectivity index (χ3n) is 4.14. The summed E-state index contributed by atoms with van der Waals surface area (Å²) < 4.78 is 22.5. The number of fused-ring (bicyclic) bond motifs is 1. The number of aromatic nitrogens is 1. The van der Waals surface area contributed by atoms with Crippen LogP contribution >= 0.6 is 0 Å². The zero-order valence-corrected chi connectivity index (χ0v) is 13.9. The maximum absolute atomic E-state index is 5.79. The van der Waals surface area contributed by atoms with Gasteiger partial charge in [0.2, 0.25) is 5.58 Å². The number of H-pyrrole nitrogens is 1. The molecule has 0 spiro atoms. The molecule has 6 nitrogen and oxygen atoms in total. The second-order valence-corrected chi connectivity index (χ2v) is 5.89. The third kappa shape index (κ3) is 4.10. The van der Waals surface area contributed by atoms with E-state index >= 15 is 0 Å². The normalized spacial score (nSPS) is 15.4. The van der Waals surface area contributed by atoms with Crippen LogP contribution < -0.4 is 14.5 Å². The summed E-state index contributed by atoms with van der Waals surface area (Å²) in [6.07, 6.45) is 0.363. The van der Waals surface area contributed by atoms with E-state index in [-0.39, 0.29) is 0 Å². The molecule has 3 aromatic rings. The maximum atomic E-state index is 5.79. The fourth-order valence-electron chi connectivity index (χ4n) is 2.77. The minimum Gasteiger partial charge on any atom is -0.492 e. The number of ether oxygens (including phenoxy) is 3. The van der Waals surface area contributed by atoms with Gasteiger partial charge < -0.3 is 18.6 Å². The zero-order chi connectivity index (χ0) is 16.9. The smallest absolute Gasteiger partial charge is 0.492 e. The molecule has 1 aliphatic heterocycles. The lowest BCUT2D eigenvalue weighted by Crippen LogP contribution is -2.38. The van der Waals surface area contributed by atoms with E-state index in [2.05, 4.69) is 9.88 Å². The standard InChI is InChI=1S/C19H20N2O4/c1-2-4-18-17(3-1)20-19(25-18)24-16-7-5-15(6-8-16)23-14-11-21-9-12-22-13-10-21/h1-8H,9-14H2/p+1. The summed E-state index contributed by atoms with van der Waals surface area (Å²) >= 11 is 0. The van der Waals surface area contributed by atoms with Gasteiger partial charge >= 0.3 is 6.08 Å². The Morgan fingerprint density at radius 3 is 2.52 bits per heavy atom. The number of morpholine rings is 1. The Morgan fingerprint density at radius 1 is 0.960 bits per heavy atom. The molecule has 0 amide bonds. The van der Waals surface area contributed by atoms with Crippen molar-refractivity contribution in [3.05, 3.63) is 48.5 Å². The number of benzene rings is 2. The molecule has 4 rings (SSSR count). The summed E-state index contributed by atoms with van der Waals surface area (Å²) in [5.74, 6) is 1.52. The lowest BCUT2D eigenvalue weighted by Gasteiger charge is -2.26. The largest absolute Gasteiger partial charge is 0.565 e. The number of hydrogen-bond acceptors (Lipinski definition) is 5. The molecule has 6 heteroatoms. The van der Waals surface area contributed by atoms with Gasteiger partial charge in [-0.1, -0.05) is 12.1 Å². The SMILES string of the molecule is c1ccc2oc(Oc3ccc(OCCN4CCOCC4)cc3)[nH+]c2c1. The minimum absolute atomic E-state index is 0.363. The van der Waals surface area contributed by atoms with Gasteiger partial charge in [-0.2, -0.15) is 0 Å². The lowest BCUT2D eigenvalue weighted by atomic mass is 10.3. The van der Waals surface area contributed by atoms with Crippen LogP contribution in [-0.4, -0.2) is 44.4 Å². The van der Waals surface area contributed by atoms with Crippen molar-refractivity contribution in [2.24, 2.45) is 0 Å². The van der Waals surface area contributed by atoms with Crippen molar-refractivity contribution in [3.8, 4) is 17.6 Å². The van der Waals surface area contributed by atoms with Crippen molar-refractivity contribution >= 4 is 11.1 Å². The van der Waals surface area contributed by atoms with Crippen molar-refractivity contribution in [1.82, 2.24) is 4.90 Å². The number of rotatable bonds is 6. The van der Waals surface area contributed by atoms with Gasteiger partial charge in [-0.25, -0.2) is 0 Å². The molecule has 25 heavy (non-hydrogen) atoms. The van der Waals surface area contributed by atoms with E-state index < -0.39 is 0 Å². The van der Waals surface area contributed by atoms with Crippen LogP contribution in [0.1, 0.15) is 0 Å². The molecule has 0 unspecified atom stereocenters. The van der Waals surface area contributed by atoms with Crippen molar-refractivity contribution in [1.29, 1.82) is 0 Å². The lowest BCUT2D eigenvalue weighted by molar-refractivity contribution is -0.370. The fraction of sp³-hybridized carbons (Fsp3) is 0.316. The molecule has 1 aliphatic rings. The molecule has 2 aromatic carbocycles. The van der Waals surface area contributed by atoms with Crippen LogP contribution in [0.4, 0.5) is 0 Å². The highest BCUT2D eigenvalue weighted by molar-refractivity contribution is 5.68. The second kappa shape index (κ2) is 7.55. The molecule has 130 valence electrons. The highest BCUT2D eigenvalue weighted by Gasteiger charge is 2.15. The molecule has 1 fully saturated rings. The summed E-state index contributed by atoms with van der Waals surface area (Å²) in [6.45, 7) is 5.15. The highest BCUT2D eigenvalue weighted by Crippen LogP contribution is 2.24. The number of oxazole rings is 1. The van der Waals surface area contributed by atoms with Gasteiger partial charge in [0.05, 0.1) is 13.2 Å². The molecule has 0 saturated carbocycles. The van der Waals surface area contributed by atoms with Crippen molar-refractivity contribution in [3.63, 3.8) is 0 Å².